The zero-order valence-electron chi connectivity index (χ0n) is 18.5. The summed E-state index contributed by atoms with van der Waals surface area (Å²) in [5.41, 5.74) is 3.27. The second kappa shape index (κ2) is 8.80. The van der Waals surface area contributed by atoms with Crippen LogP contribution in [0.4, 0.5) is 4.79 Å². The van der Waals surface area contributed by atoms with Crippen LogP contribution < -0.4 is 5.73 Å². The van der Waals surface area contributed by atoms with Gasteiger partial charge in [-0.2, -0.15) is 4.31 Å². The van der Waals surface area contributed by atoms with Gasteiger partial charge < -0.3 is 20.1 Å². The van der Waals surface area contributed by atoms with E-state index in [1.807, 2.05) is 13.8 Å². The van der Waals surface area contributed by atoms with Crippen LogP contribution in [-0.2, 0) is 29.1 Å². The number of sulfonamides is 1. The molecular formula is C21H29N3O7S. The summed E-state index contributed by atoms with van der Waals surface area (Å²) in [4.78, 5) is 38.5. The van der Waals surface area contributed by atoms with Crippen molar-refractivity contribution in [2.24, 2.45) is 5.73 Å². The Hall–Kier alpha value is -2.50. The number of primary amides is 1. The molecule has 11 heteroatoms. The lowest BCUT2D eigenvalue weighted by Gasteiger charge is -2.33. The van der Waals surface area contributed by atoms with E-state index in [0.29, 0.717) is 12.8 Å². The molecule has 2 aliphatic heterocycles. The van der Waals surface area contributed by atoms with Gasteiger partial charge in [-0.1, -0.05) is 37.5 Å². The fraction of sp³-hybridized carbons (Fsp3) is 0.571. The molecule has 2 atom stereocenters. The molecule has 2 amide bonds. The zero-order valence-corrected chi connectivity index (χ0v) is 19.3. The summed E-state index contributed by atoms with van der Waals surface area (Å²) in [5, 5.41) is 0. The van der Waals surface area contributed by atoms with E-state index >= 15 is 0 Å². The highest BCUT2D eigenvalue weighted by Gasteiger charge is 2.77. The minimum atomic E-state index is -3.69. The quantitative estimate of drug-likeness (QED) is 0.361. The molecule has 176 valence electrons. The number of esters is 1. The molecular weight excluding hydrogens is 438 g/mol. The Labute approximate surface area is 187 Å². The normalized spacial score (nSPS) is 25.9. The van der Waals surface area contributed by atoms with Crippen molar-refractivity contribution in [2.45, 2.75) is 56.1 Å². The highest BCUT2D eigenvalue weighted by atomic mass is 32.2. The van der Waals surface area contributed by atoms with Gasteiger partial charge >= 0.3 is 12.1 Å². The van der Waals surface area contributed by atoms with Crippen molar-refractivity contribution >= 4 is 28.0 Å². The van der Waals surface area contributed by atoms with Crippen molar-refractivity contribution in [3.05, 3.63) is 29.8 Å². The molecule has 2 unspecified atom stereocenters. The molecule has 2 aliphatic rings. The van der Waals surface area contributed by atoms with E-state index < -0.39 is 39.2 Å². The largest absolute Gasteiger partial charge is 0.417 e. The Morgan fingerprint density at radius 3 is 2.25 bits per heavy atom. The second-order valence-corrected chi connectivity index (χ2v) is 10.3. The highest BCUT2D eigenvalue weighted by molar-refractivity contribution is 7.89. The second-order valence-electron chi connectivity index (χ2n) is 8.34. The van der Waals surface area contributed by atoms with Crippen molar-refractivity contribution in [2.75, 3.05) is 26.2 Å². The first-order valence-corrected chi connectivity index (χ1v) is 12.0. The van der Waals surface area contributed by atoms with Gasteiger partial charge in [-0.15, -0.1) is 0 Å². The number of hydrogen-bond donors (Lipinski definition) is 1. The van der Waals surface area contributed by atoms with Crippen LogP contribution in [0.1, 0.15) is 38.7 Å². The van der Waals surface area contributed by atoms with Crippen molar-refractivity contribution in [1.29, 1.82) is 0 Å². The predicted octanol–water partition coefficient (Wildman–Crippen LogP) is 1.17. The van der Waals surface area contributed by atoms with Gasteiger partial charge in [0.15, 0.2) is 0 Å². The Bertz CT molecular complexity index is 1000. The van der Waals surface area contributed by atoms with Crippen LogP contribution in [0.25, 0.3) is 0 Å². The molecule has 2 N–H and O–H groups in total. The van der Waals surface area contributed by atoms with E-state index in [2.05, 4.69) is 0 Å². The number of ether oxygens (including phenoxy) is 2. The first-order chi connectivity index (χ1) is 15.0. The molecule has 1 aromatic carbocycles. The maximum absolute atomic E-state index is 12.8. The summed E-state index contributed by atoms with van der Waals surface area (Å²) in [7, 11) is -3.69. The maximum atomic E-state index is 12.8. The van der Waals surface area contributed by atoms with Gasteiger partial charge in [-0.25, -0.2) is 18.0 Å². The van der Waals surface area contributed by atoms with E-state index in [0.717, 1.165) is 12.0 Å². The van der Waals surface area contributed by atoms with Gasteiger partial charge in [0, 0.05) is 26.2 Å². The summed E-state index contributed by atoms with van der Waals surface area (Å²) in [6.07, 6.45) is 1.00. The summed E-state index contributed by atoms with van der Waals surface area (Å²) >= 11 is 0. The molecule has 0 aromatic heterocycles. The van der Waals surface area contributed by atoms with Crippen molar-refractivity contribution in [3.8, 4) is 0 Å². The number of nitrogens with two attached hydrogens (primary N) is 1. The zero-order chi connectivity index (χ0) is 23.7. The lowest BCUT2D eigenvalue weighted by Crippen LogP contribution is -2.52. The predicted molar refractivity (Wildman–Crippen MR) is 114 cm³/mol. The first-order valence-electron chi connectivity index (χ1n) is 10.6. The van der Waals surface area contributed by atoms with E-state index in [-0.39, 0.29) is 31.1 Å². The molecule has 2 fully saturated rings. The molecule has 3 rings (SSSR count). The lowest BCUT2D eigenvalue weighted by atomic mass is 9.89. The van der Waals surface area contributed by atoms with Gasteiger partial charge in [-0.05, 0) is 32.4 Å². The third-order valence-electron chi connectivity index (χ3n) is 6.06. The average molecular weight is 468 g/mol. The fourth-order valence-electron chi connectivity index (χ4n) is 3.91. The number of benzene rings is 1. The number of carbonyl (C=O) groups excluding carboxylic acids is 3. The van der Waals surface area contributed by atoms with Crippen LogP contribution in [0.3, 0.4) is 0 Å². The number of hydrogen-bond acceptors (Lipinski definition) is 7. The molecule has 2 saturated heterocycles. The third kappa shape index (κ3) is 4.24. The number of piperazine rings is 1. The molecule has 0 bridgehead atoms. The number of aryl methyl sites for hydroxylation is 1. The Kier molecular flexibility index (Phi) is 6.64. The SMILES string of the molecule is CCCCC1(C)OC1(C(N)=O)C(=O)OC(=O)N1CCN(S(=O)(=O)c2ccc(C)cc2)CC1. The van der Waals surface area contributed by atoms with Gasteiger partial charge in [0.05, 0.1) is 4.90 Å². The summed E-state index contributed by atoms with van der Waals surface area (Å²) < 4.78 is 37.2. The van der Waals surface area contributed by atoms with Gasteiger partial charge in [0.2, 0.25) is 10.0 Å². The molecule has 0 saturated carbocycles. The number of epoxide rings is 1. The summed E-state index contributed by atoms with van der Waals surface area (Å²) in [6.45, 7) is 5.58. The summed E-state index contributed by atoms with van der Waals surface area (Å²) in [5.74, 6) is -2.13. The molecule has 10 nitrogen and oxygen atoms in total. The average Bonchev–Trinajstić information content (AvgIpc) is 3.40. The highest BCUT2D eigenvalue weighted by Crippen LogP contribution is 2.52. The molecule has 0 radical (unpaired) electrons. The van der Waals surface area contributed by atoms with Gasteiger partial charge in [0.25, 0.3) is 11.5 Å². The van der Waals surface area contributed by atoms with Crippen LogP contribution in [0.2, 0.25) is 0 Å². The summed E-state index contributed by atoms with van der Waals surface area (Å²) in [6, 6.07) is 6.51. The number of unbranched alkanes of at least 4 members (excludes halogenated alkanes) is 1. The smallest absolute Gasteiger partial charge is 0.373 e. The van der Waals surface area contributed by atoms with E-state index in [9.17, 15) is 22.8 Å². The van der Waals surface area contributed by atoms with Crippen molar-refractivity contribution < 1.29 is 32.3 Å². The topological polar surface area (TPSA) is 140 Å². The van der Waals surface area contributed by atoms with E-state index in [4.69, 9.17) is 15.2 Å². The molecule has 32 heavy (non-hydrogen) atoms. The molecule has 0 aliphatic carbocycles. The van der Waals surface area contributed by atoms with Crippen LogP contribution in [0.15, 0.2) is 29.2 Å². The lowest BCUT2D eigenvalue weighted by molar-refractivity contribution is -0.149. The van der Waals surface area contributed by atoms with Crippen molar-refractivity contribution in [3.63, 3.8) is 0 Å². The minimum absolute atomic E-state index is 0.0364. The third-order valence-corrected chi connectivity index (χ3v) is 7.97. The fourth-order valence-corrected chi connectivity index (χ4v) is 5.33. The maximum Gasteiger partial charge on any atom is 0.417 e. The van der Waals surface area contributed by atoms with Crippen LogP contribution in [0.5, 0.6) is 0 Å². The first kappa shape index (κ1) is 24.1. The Morgan fingerprint density at radius 1 is 1.12 bits per heavy atom. The molecule has 2 heterocycles. The monoisotopic (exact) mass is 467 g/mol. The van der Waals surface area contributed by atoms with E-state index in [1.54, 1.807) is 31.2 Å². The van der Waals surface area contributed by atoms with Gasteiger partial charge in [0.1, 0.15) is 5.60 Å². The minimum Gasteiger partial charge on any atom is -0.373 e. The molecule has 0 spiro atoms. The number of carbonyl (C=O) groups is 3. The number of nitrogens with zero attached hydrogens (tertiary/aromatic N) is 2. The Balaban J connectivity index is 1.60. The number of amides is 2. The Morgan fingerprint density at radius 2 is 1.72 bits per heavy atom. The standard InChI is InChI=1S/C21H29N3O7S/c1-4-5-10-20(3)21(31-20,17(22)25)18(26)30-19(27)23-11-13-24(14-12-23)32(28,29)16-8-6-15(2)7-9-16/h6-9H,4-5,10-14H2,1-3H3,(H2,22,25). The van der Waals surface area contributed by atoms with E-state index in [1.165, 1.54) is 9.21 Å². The van der Waals surface area contributed by atoms with Crippen LogP contribution in [0, 0.1) is 6.92 Å². The van der Waals surface area contributed by atoms with Crippen LogP contribution in [-0.4, -0.2) is 73.0 Å². The van der Waals surface area contributed by atoms with Gasteiger partial charge in [-0.3, -0.25) is 4.79 Å². The van der Waals surface area contributed by atoms with Crippen LogP contribution >= 0.6 is 0 Å². The van der Waals surface area contributed by atoms with Crippen molar-refractivity contribution in [1.82, 2.24) is 9.21 Å². The number of rotatable bonds is 7. The molecule has 1 aromatic rings.